The van der Waals surface area contributed by atoms with Crippen molar-refractivity contribution in [2.24, 2.45) is 16.7 Å². The molecule has 0 bridgehead atoms. The van der Waals surface area contributed by atoms with Gasteiger partial charge in [0.2, 0.25) is 0 Å². The van der Waals surface area contributed by atoms with Crippen molar-refractivity contribution in [3.05, 3.63) is 11.3 Å². The molecule has 1 aliphatic rings. The molecule has 1 heteroatoms. The first-order valence-electron chi connectivity index (χ1n) is 6.04. The summed E-state index contributed by atoms with van der Waals surface area (Å²) in [6.45, 7) is 13.5. The van der Waals surface area contributed by atoms with Gasteiger partial charge in [0, 0.05) is 6.42 Å². The predicted molar refractivity (Wildman–Crippen MR) is 65.9 cm³/mol. The molecule has 1 rings (SSSR count). The molecule has 0 fully saturated rings. The molecule has 88 valence electrons. The molecule has 1 unspecified atom stereocenters. The molecule has 0 saturated heterocycles. The van der Waals surface area contributed by atoms with Crippen molar-refractivity contribution in [3.63, 3.8) is 0 Å². The van der Waals surface area contributed by atoms with E-state index in [4.69, 9.17) is 0 Å². The van der Waals surface area contributed by atoms with Crippen molar-refractivity contribution in [1.29, 1.82) is 0 Å². The third kappa shape index (κ3) is 2.99. The van der Waals surface area contributed by atoms with E-state index in [1.54, 1.807) is 0 Å². The van der Waals surface area contributed by atoms with Gasteiger partial charge in [-0.3, -0.25) is 0 Å². The van der Waals surface area contributed by atoms with Crippen LogP contribution < -0.4 is 0 Å². The molecular weight excluding hydrogens is 184 g/mol. The second kappa shape index (κ2) is 3.84. The summed E-state index contributed by atoms with van der Waals surface area (Å²) in [7, 11) is 0. The van der Waals surface area contributed by atoms with Gasteiger partial charge >= 0.3 is 0 Å². The summed E-state index contributed by atoms with van der Waals surface area (Å²) < 4.78 is 0. The number of aliphatic hydroxyl groups is 1. The van der Waals surface area contributed by atoms with Gasteiger partial charge in [0.05, 0.1) is 5.76 Å². The highest BCUT2D eigenvalue weighted by Crippen LogP contribution is 2.44. The molecule has 0 aromatic carbocycles. The highest BCUT2D eigenvalue weighted by atomic mass is 16.3. The summed E-state index contributed by atoms with van der Waals surface area (Å²) in [4.78, 5) is 0. The Balaban J connectivity index is 2.89. The molecule has 0 aromatic rings. The molecule has 0 saturated carbocycles. The van der Waals surface area contributed by atoms with E-state index in [2.05, 4.69) is 41.5 Å². The van der Waals surface area contributed by atoms with Crippen LogP contribution in [0.1, 0.15) is 60.8 Å². The Bertz CT molecular complexity index is 260. The zero-order valence-corrected chi connectivity index (χ0v) is 11.1. The van der Waals surface area contributed by atoms with E-state index in [0.29, 0.717) is 17.1 Å². The van der Waals surface area contributed by atoms with Gasteiger partial charge in [0.15, 0.2) is 0 Å². The minimum Gasteiger partial charge on any atom is -0.512 e. The quantitative estimate of drug-likeness (QED) is 0.615. The standard InChI is InChI=1S/C14H26O/c1-13(2,3)10-7-8-12(15)11(9-10)14(4,5)6/h10,15H,7-9H2,1-6H3. The Hall–Kier alpha value is -0.460. The largest absolute Gasteiger partial charge is 0.512 e. The Kier molecular flexibility index (Phi) is 3.23. The minimum atomic E-state index is 0.119. The molecule has 0 heterocycles. The van der Waals surface area contributed by atoms with E-state index in [0.717, 1.165) is 19.3 Å². The van der Waals surface area contributed by atoms with Crippen LogP contribution in [0, 0.1) is 16.7 Å². The number of rotatable bonds is 0. The summed E-state index contributed by atoms with van der Waals surface area (Å²) >= 11 is 0. The van der Waals surface area contributed by atoms with Crippen molar-refractivity contribution in [2.45, 2.75) is 60.8 Å². The van der Waals surface area contributed by atoms with Gasteiger partial charge in [-0.25, -0.2) is 0 Å². The van der Waals surface area contributed by atoms with Gasteiger partial charge in [0.25, 0.3) is 0 Å². The Morgan fingerprint density at radius 1 is 1.07 bits per heavy atom. The van der Waals surface area contributed by atoms with Gasteiger partial charge in [-0.2, -0.15) is 0 Å². The maximum Gasteiger partial charge on any atom is 0.0920 e. The molecule has 1 nitrogen and oxygen atoms in total. The van der Waals surface area contributed by atoms with Crippen molar-refractivity contribution in [2.75, 3.05) is 0 Å². The van der Waals surface area contributed by atoms with Crippen LogP contribution in [0.15, 0.2) is 11.3 Å². The normalized spacial score (nSPS) is 24.5. The van der Waals surface area contributed by atoms with Gasteiger partial charge in [0.1, 0.15) is 0 Å². The molecule has 0 radical (unpaired) electrons. The summed E-state index contributed by atoms with van der Waals surface area (Å²) in [6, 6.07) is 0. The molecule has 15 heavy (non-hydrogen) atoms. The topological polar surface area (TPSA) is 20.2 Å². The lowest BCUT2D eigenvalue weighted by Gasteiger charge is -2.38. The molecule has 0 spiro atoms. The predicted octanol–water partition coefficient (Wildman–Crippen LogP) is 4.69. The van der Waals surface area contributed by atoms with Gasteiger partial charge in [-0.1, -0.05) is 41.5 Å². The van der Waals surface area contributed by atoms with Crippen LogP contribution in [0.25, 0.3) is 0 Å². The highest BCUT2D eigenvalue weighted by Gasteiger charge is 2.33. The molecule has 1 N–H and O–H groups in total. The summed E-state index contributed by atoms with van der Waals surface area (Å²) in [5, 5.41) is 9.97. The fourth-order valence-electron chi connectivity index (χ4n) is 2.41. The second-order valence-corrected chi connectivity index (χ2v) is 6.98. The highest BCUT2D eigenvalue weighted by molar-refractivity contribution is 5.19. The number of hydrogen-bond acceptors (Lipinski definition) is 1. The number of hydrogen-bond donors (Lipinski definition) is 1. The first kappa shape index (κ1) is 12.6. The summed E-state index contributed by atoms with van der Waals surface area (Å²) in [5.41, 5.74) is 1.75. The Morgan fingerprint density at radius 3 is 2.00 bits per heavy atom. The molecule has 0 amide bonds. The van der Waals surface area contributed by atoms with Crippen LogP contribution in [0.4, 0.5) is 0 Å². The lowest BCUT2D eigenvalue weighted by Crippen LogP contribution is -2.28. The van der Waals surface area contributed by atoms with E-state index < -0.39 is 0 Å². The average molecular weight is 210 g/mol. The Morgan fingerprint density at radius 2 is 1.60 bits per heavy atom. The fraction of sp³-hybridized carbons (Fsp3) is 0.857. The van der Waals surface area contributed by atoms with Crippen LogP contribution in [0.2, 0.25) is 0 Å². The van der Waals surface area contributed by atoms with Crippen LogP contribution in [0.5, 0.6) is 0 Å². The number of aliphatic hydroxyl groups excluding tert-OH is 1. The van der Waals surface area contributed by atoms with Crippen molar-refractivity contribution in [3.8, 4) is 0 Å². The lowest BCUT2D eigenvalue weighted by atomic mass is 9.67. The molecular formula is C14H26O. The maximum atomic E-state index is 9.97. The lowest BCUT2D eigenvalue weighted by molar-refractivity contribution is 0.181. The van der Waals surface area contributed by atoms with E-state index in [1.165, 1.54) is 5.57 Å². The molecule has 0 aromatic heterocycles. The smallest absolute Gasteiger partial charge is 0.0920 e. The summed E-state index contributed by atoms with van der Waals surface area (Å²) in [5.74, 6) is 1.37. The second-order valence-electron chi connectivity index (χ2n) is 6.98. The van der Waals surface area contributed by atoms with Crippen molar-refractivity contribution in [1.82, 2.24) is 0 Å². The van der Waals surface area contributed by atoms with E-state index >= 15 is 0 Å². The van der Waals surface area contributed by atoms with Crippen molar-refractivity contribution >= 4 is 0 Å². The summed E-state index contributed by atoms with van der Waals surface area (Å²) in [6.07, 6.45) is 3.07. The third-order valence-corrected chi connectivity index (χ3v) is 3.66. The van der Waals surface area contributed by atoms with Crippen LogP contribution in [0.3, 0.4) is 0 Å². The van der Waals surface area contributed by atoms with Gasteiger partial charge < -0.3 is 5.11 Å². The third-order valence-electron chi connectivity index (χ3n) is 3.66. The van der Waals surface area contributed by atoms with Crippen molar-refractivity contribution < 1.29 is 5.11 Å². The molecule has 1 atom stereocenters. The first-order valence-corrected chi connectivity index (χ1v) is 6.04. The molecule has 0 aliphatic heterocycles. The van der Waals surface area contributed by atoms with E-state index in [9.17, 15) is 5.11 Å². The van der Waals surface area contributed by atoms with Gasteiger partial charge in [-0.05, 0) is 35.2 Å². The van der Waals surface area contributed by atoms with Crippen LogP contribution in [-0.2, 0) is 0 Å². The minimum absolute atomic E-state index is 0.119. The SMILES string of the molecule is CC(C)(C)C1=C(O)CCC(C(C)(C)C)C1. The zero-order chi connectivity index (χ0) is 11.9. The maximum absolute atomic E-state index is 9.97. The van der Waals surface area contributed by atoms with Crippen LogP contribution in [-0.4, -0.2) is 5.11 Å². The number of allylic oxidation sites excluding steroid dienone is 2. The van der Waals surface area contributed by atoms with E-state index in [1.807, 2.05) is 0 Å². The average Bonchev–Trinajstić information content (AvgIpc) is 2.00. The van der Waals surface area contributed by atoms with E-state index in [-0.39, 0.29) is 5.41 Å². The Labute approximate surface area is 94.6 Å². The zero-order valence-electron chi connectivity index (χ0n) is 11.1. The van der Waals surface area contributed by atoms with Crippen LogP contribution >= 0.6 is 0 Å². The first-order chi connectivity index (χ1) is 6.62. The monoisotopic (exact) mass is 210 g/mol. The van der Waals surface area contributed by atoms with Gasteiger partial charge in [-0.15, -0.1) is 0 Å². The molecule has 1 aliphatic carbocycles. The fourth-order valence-corrected chi connectivity index (χ4v) is 2.41.